The lowest BCUT2D eigenvalue weighted by atomic mass is 9.71. The molecule has 1 atom stereocenters. The first-order valence-electron chi connectivity index (χ1n) is 7.35. The molecule has 0 aliphatic heterocycles. The molecule has 1 aromatic rings. The van der Waals surface area contributed by atoms with Crippen molar-refractivity contribution < 1.29 is 14.7 Å². The average Bonchev–Trinajstić information content (AvgIpc) is 2.78. The van der Waals surface area contributed by atoms with Crippen LogP contribution in [0.4, 0.5) is 0 Å². The topological polar surface area (TPSA) is 54.4 Å². The summed E-state index contributed by atoms with van der Waals surface area (Å²) in [4.78, 5) is 22.8. The normalized spacial score (nSPS) is 23.0. The fourth-order valence-electron chi connectivity index (χ4n) is 3.72. The van der Waals surface area contributed by atoms with Crippen LogP contribution in [0.1, 0.15) is 42.9 Å². The number of ketones is 1. The smallest absolute Gasteiger partial charge is 0.307 e. The fraction of sp³-hybridized carbons (Fsp3) is 0.412. The van der Waals surface area contributed by atoms with Gasteiger partial charge in [0.1, 0.15) is 0 Å². The molecule has 116 valence electrons. The van der Waals surface area contributed by atoms with E-state index in [1.807, 2.05) is 6.07 Å². The van der Waals surface area contributed by atoms with Crippen molar-refractivity contribution in [3.63, 3.8) is 0 Å². The quantitative estimate of drug-likeness (QED) is 0.892. The van der Waals surface area contributed by atoms with Gasteiger partial charge in [-0.25, -0.2) is 0 Å². The van der Waals surface area contributed by atoms with Crippen LogP contribution in [0.5, 0.6) is 0 Å². The SMILES string of the molecule is CCC12CCC(=O)C=C1c1c(cc(CC(=O)O)c(Cl)c1Cl)C2. The minimum Gasteiger partial charge on any atom is -0.481 e. The van der Waals surface area contributed by atoms with Crippen LogP contribution >= 0.6 is 23.2 Å². The van der Waals surface area contributed by atoms with E-state index in [-0.39, 0.29) is 22.6 Å². The minimum absolute atomic E-state index is 0.0644. The molecule has 0 heterocycles. The lowest BCUT2D eigenvalue weighted by Crippen LogP contribution is -2.24. The number of carbonyl (C=O) groups is 2. The summed E-state index contributed by atoms with van der Waals surface area (Å²) in [5.74, 6) is -0.818. The summed E-state index contributed by atoms with van der Waals surface area (Å²) < 4.78 is 0. The molecule has 0 spiro atoms. The van der Waals surface area contributed by atoms with Gasteiger partial charge in [-0.3, -0.25) is 9.59 Å². The molecule has 2 aliphatic carbocycles. The number of allylic oxidation sites excluding steroid dienone is 2. The second-order valence-corrected chi connectivity index (χ2v) is 6.86. The summed E-state index contributed by atoms with van der Waals surface area (Å²) in [5, 5.41) is 9.68. The number of hydrogen-bond acceptors (Lipinski definition) is 2. The van der Waals surface area contributed by atoms with Gasteiger partial charge in [0.05, 0.1) is 16.5 Å². The van der Waals surface area contributed by atoms with Crippen LogP contribution in [0.2, 0.25) is 10.0 Å². The molecule has 1 N–H and O–H groups in total. The van der Waals surface area contributed by atoms with Crippen molar-refractivity contribution in [1.82, 2.24) is 0 Å². The molecule has 0 fully saturated rings. The van der Waals surface area contributed by atoms with Crippen LogP contribution in [0.25, 0.3) is 5.57 Å². The highest BCUT2D eigenvalue weighted by Crippen LogP contribution is 2.56. The molecule has 0 saturated heterocycles. The number of benzene rings is 1. The lowest BCUT2D eigenvalue weighted by Gasteiger charge is -2.32. The van der Waals surface area contributed by atoms with Crippen LogP contribution in [0.3, 0.4) is 0 Å². The summed E-state index contributed by atoms with van der Waals surface area (Å²) in [6.07, 6.45) is 4.63. The Balaban J connectivity index is 2.20. The number of carbonyl (C=O) groups excluding carboxylic acids is 1. The zero-order valence-corrected chi connectivity index (χ0v) is 13.7. The summed E-state index contributed by atoms with van der Waals surface area (Å²) in [5.41, 5.74) is 3.30. The highest BCUT2D eigenvalue weighted by atomic mass is 35.5. The minimum atomic E-state index is -0.937. The van der Waals surface area contributed by atoms with E-state index < -0.39 is 5.97 Å². The maximum Gasteiger partial charge on any atom is 0.307 e. The maximum atomic E-state index is 11.9. The summed E-state index contributed by atoms with van der Waals surface area (Å²) >= 11 is 12.7. The Morgan fingerprint density at radius 3 is 2.73 bits per heavy atom. The Morgan fingerprint density at radius 1 is 1.36 bits per heavy atom. The molecular formula is C17H16Cl2O3. The van der Waals surface area contributed by atoms with Gasteiger partial charge in [0.2, 0.25) is 0 Å². The number of carboxylic acid groups (broad SMARTS) is 1. The van der Waals surface area contributed by atoms with Crippen LogP contribution in [0, 0.1) is 5.41 Å². The van der Waals surface area contributed by atoms with E-state index in [4.69, 9.17) is 28.3 Å². The third-order valence-corrected chi connectivity index (χ3v) is 5.81. The van der Waals surface area contributed by atoms with Crippen molar-refractivity contribution in [3.8, 4) is 0 Å². The first-order chi connectivity index (χ1) is 10.4. The van der Waals surface area contributed by atoms with E-state index in [1.165, 1.54) is 0 Å². The van der Waals surface area contributed by atoms with Gasteiger partial charge in [0, 0.05) is 17.4 Å². The zero-order chi connectivity index (χ0) is 16.1. The second-order valence-electron chi connectivity index (χ2n) is 6.10. The van der Waals surface area contributed by atoms with Gasteiger partial charge in [-0.05, 0) is 42.0 Å². The van der Waals surface area contributed by atoms with Gasteiger partial charge in [-0.15, -0.1) is 0 Å². The van der Waals surface area contributed by atoms with E-state index in [0.717, 1.165) is 36.0 Å². The van der Waals surface area contributed by atoms with E-state index in [2.05, 4.69) is 6.92 Å². The Kier molecular flexibility index (Phi) is 3.82. The Hall–Kier alpha value is -1.32. The number of hydrogen-bond donors (Lipinski definition) is 1. The predicted octanol–water partition coefficient (Wildman–Crippen LogP) is 4.32. The van der Waals surface area contributed by atoms with Gasteiger partial charge < -0.3 is 5.11 Å². The van der Waals surface area contributed by atoms with Gasteiger partial charge in [-0.2, -0.15) is 0 Å². The number of fused-ring (bicyclic) bond motifs is 3. The zero-order valence-electron chi connectivity index (χ0n) is 12.2. The van der Waals surface area contributed by atoms with Gasteiger partial charge in [0.25, 0.3) is 0 Å². The van der Waals surface area contributed by atoms with Gasteiger partial charge >= 0.3 is 5.97 Å². The van der Waals surface area contributed by atoms with E-state index in [1.54, 1.807) is 6.08 Å². The van der Waals surface area contributed by atoms with Crippen molar-refractivity contribution in [3.05, 3.63) is 38.9 Å². The number of aliphatic carboxylic acids is 1. The lowest BCUT2D eigenvalue weighted by molar-refractivity contribution is -0.136. The molecule has 1 unspecified atom stereocenters. The number of rotatable bonds is 3. The van der Waals surface area contributed by atoms with Crippen molar-refractivity contribution in [1.29, 1.82) is 0 Å². The van der Waals surface area contributed by atoms with Crippen LogP contribution in [0.15, 0.2) is 12.1 Å². The third-order valence-electron chi connectivity index (χ3n) is 4.91. The molecule has 0 amide bonds. The van der Waals surface area contributed by atoms with Crippen molar-refractivity contribution in [2.75, 3.05) is 0 Å². The molecule has 0 saturated carbocycles. The molecule has 5 heteroatoms. The van der Waals surface area contributed by atoms with Crippen LogP contribution in [-0.2, 0) is 22.4 Å². The molecule has 2 aliphatic rings. The molecule has 0 aromatic heterocycles. The molecule has 1 aromatic carbocycles. The number of halogens is 2. The highest BCUT2D eigenvalue weighted by Gasteiger charge is 2.44. The third kappa shape index (κ3) is 2.27. The highest BCUT2D eigenvalue weighted by molar-refractivity contribution is 6.44. The van der Waals surface area contributed by atoms with Gasteiger partial charge in [-0.1, -0.05) is 36.2 Å². The molecule has 0 radical (unpaired) electrons. The van der Waals surface area contributed by atoms with Gasteiger partial charge in [0.15, 0.2) is 5.78 Å². The van der Waals surface area contributed by atoms with Crippen LogP contribution in [-0.4, -0.2) is 16.9 Å². The van der Waals surface area contributed by atoms with E-state index in [0.29, 0.717) is 17.0 Å². The second kappa shape index (κ2) is 5.39. The largest absolute Gasteiger partial charge is 0.481 e. The Labute approximate surface area is 138 Å². The average molecular weight is 339 g/mol. The fourth-order valence-corrected chi connectivity index (χ4v) is 4.28. The standard InChI is InChI=1S/C17H16Cl2O3/c1-2-17-4-3-11(20)7-12(17)14-10(8-17)5-9(6-13(21)22)15(18)16(14)19/h5,7H,2-4,6,8H2,1H3,(H,21,22). The Morgan fingerprint density at radius 2 is 2.09 bits per heavy atom. The Bertz CT molecular complexity index is 721. The molecule has 22 heavy (non-hydrogen) atoms. The van der Waals surface area contributed by atoms with Crippen molar-refractivity contribution in [2.45, 2.75) is 39.0 Å². The molecule has 3 nitrogen and oxygen atoms in total. The van der Waals surface area contributed by atoms with E-state index in [9.17, 15) is 9.59 Å². The molecule has 3 rings (SSSR count). The van der Waals surface area contributed by atoms with Crippen LogP contribution < -0.4 is 0 Å². The first-order valence-corrected chi connectivity index (χ1v) is 8.10. The summed E-state index contributed by atoms with van der Waals surface area (Å²) in [6, 6.07) is 1.85. The molecule has 0 bridgehead atoms. The summed E-state index contributed by atoms with van der Waals surface area (Å²) in [6.45, 7) is 2.11. The summed E-state index contributed by atoms with van der Waals surface area (Å²) in [7, 11) is 0. The monoisotopic (exact) mass is 338 g/mol. The van der Waals surface area contributed by atoms with E-state index >= 15 is 0 Å². The first kappa shape index (κ1) is 15.6. The predicted molar refractivity (Wildman–Crippen MR) is 86.4 cm³/mol. The van der Waals surface area contributed by atoms with Crippen molar-refractivity contribution in [2.24, 2.45) is 5.41 Å². The maximum absolute atomic E-state index is 11.9. The van der Waals surface area contributed by atoms with Crippen molar-refractivity contribution >= 4 is 40.5 Å². The molecular weight excluding hydrogens is 323 g/mol. The number of carboxylic acids is 1.